The summed E-state index contributed by atoms with van der Waals surface area (Å²) in [6.45, 7) is 1.43. The van der Waals surface area contributed by atoms with E-state index in [-0.39, 0.29) is 17.0 Å². The highest BCUT2D eigenvalue weighted by atomic mass is 35.5. The number of carbonyl (C=O) groups excluding carboxylic acids is 2. The Morgan fingerprint density at radius 2 is 1.86 bits per heavy atom. The van der Waals surface area contributed by atoms with Crippen molar-refractivity contribution >= 4 is 51.5 Å². The molecule has 1 atom stereocenters. The zero-order valence-corrected chi connectivity index (χ0v) is 16.2. The second-order valence-electron chi connectivity index (χ2n) is 5.94. The molecule has 0 aliphatic heterocycles. The van der Waals surface area contributed by atoms with Gasteiger partial charge in [-0.2, -0.15) is 5.10 Å². The maximum Gasteiger partial charge on any atom is 0.312 e. The first-order valence-corrected chi connectivity index (χ1v) is 9.03. The summed E-state index contributed by atoms with van der Waals surface area (Å²) >= 11 is 11.9. The average molecular weight is 420 g/mol. The van der Waals surface area contributed by atoms with Gasteiger partial charge < -0.3 is 10.1 Å². The van der Waals surface area contributed by atoms with Crippen LogP contribution in [0.25, 0.3) is 10.8 Å². The van der Waals surface area contributed by atoms with E-state index < -0.39 is 18.0 Å². The van der Waals surface area contributed by atoms with E-state index in [0.29, 0.717) is 27.2 Å². The number of hydrogen-bond donors (Lipinski definition) is 2. The predicted molar refractivity (Wildman–Crippen MR) is 107 cm³/mol. The van der Waals surface area contributed by atoms with E-state index >= 15 is 0 Å². The molecule has 1 heterocycles. The van der Waals surface area contributed by atoms with Gasteiger partial charge >= 0.3 is 5.97 Å². The van der Waals surface area contributed by atoms with Crippen molar-refractivity contribution in [3.63, 3.8) is 0 Å². The first-order valence-electron chi connectivity index (χ1n) is 8.27. The van der Waals surface area contributed by atoms with Gasteiger partial charge in [0.2, 0.25) is 0 Å². The molecule has 0 fully saturated rings. The summed E-state index contributed by atoms with van der Waals surface area (Å²) in [5, 5.41) is 10.3. The van der Waals surface area contributed by atoms with Crippen molar-refractivity contribution in [3.05, 3.63) is 68.6 Å². The molecule has 1 aromatic heterocycles. The minimum Gasteiger partial charge on any atom is -0.452 e. The summed E-state index contributed by atoms with van der Waals surface area (Å²) in [6.07, 6.45) is -1.27. The molecule has 2 N–H and O–H groups in total. The molecule has 0 aliphatic rings. The van der Waals surface area contributed by atoms with Crippen molar-refractivity contribution < 1.29 is 14.3 Å². The Kier molecular flexibility index (Phi) is 5.96. The summed E-state index contributed by atoms with van der Waals surface area (Å²) in [5.41, 5.74) is 0.319. The molecule has 3 rings (SSSR count). The van der Waals surface area contributed by atoms with Crippen molar-refractivity contribution in [1.82, 2.24) is 10.2 Å². The number of halogens is 2. The Hall–Kier alpha value is -2.90. The second kappa shape index (κ2) is 8.41. The van der Waals surface area contributed by atoms with E-state index in [4.69, 9.17) is 27.9 Å². The first kappa shape index (κ1) is 19.9. The van der Waals surface area contributed by atoms with Crippen LogP contribution in [0.15, 0.2) is 47.3 Å². The lowest BCUT2D eigenvalue weighted by atomic mass is 10.1. The van der Waals surface area contributed by atoms with E-state index in [1.807, 2.05) is 0 Å². The number of nitrogens with zero attached hydrogens (tertiary/aromatic N) is 1. The van der Waals surface area contributed by atoms with Gasteiger partial charge in [0.05, 0.1) is 33.2 Å². The van der Waals surface area contributed by atoms with Crippen molar-refractivity contribution in [2.75, 3.05) is 5.32 Å². The molecule has 0 radical (unpaired) electrons. The number of nitrogens with one attached hydrogen (secondary N) is 2. The number of benzene rings is 2. The standard InChI is InChI=1S/C19H15Cl2N3O4/c1-10(18(26)22-14-8-4-7-13(20)17(14)21)28-16(25)9-15-11-5-2-3-6-12(11)19(27)24-23-15/h2-8,10H,9H2,1H3,(H,22,26)(H,24,27)/t10-/m1/s1. The number of H-pyrrole nitrogens is 1. The molecule has 0 saturated carbocycles. The smallest absolute Gasteiger partial charge is 0.312 e. The number of rotatable bonds is 5. The van der Waals surface area contributed by atoms with E-state index in [2.05, 4.69) is 15.5 Å². The molecule has 2 aromatic carbocycles. The summed E-state index contributed by atoms with van der Waals surface area (Å²) in [6, 6.07) is 11.6. The van der Waals surface area contributed by atoms with Crippen molar-refractivity contribution in [2.45, 2.75) is 19.4 Å². The summed E-state index contributed by atoms with van der Waals surface area (Å²) < 4.78 is 5.18. The Balaban J connectivity index is 1.68. The van der Waals surface area contributed by atoms with Gasteiger partial charge in [-0.25, -0.2) is 5.10 Å². The van der Waals surface area contributed by atoms with Gasteiger partial charge in [0.25, 0.3) is 11.5 Å². The highest BCUT2D eigenvalue weighted by Crippen LogP contribution is 2.29. The maximum absolute atomic E-state index is 12.3. The topological polar surface area (TPSA) is 101 Å². The third-order valence-corrected chi connectivity index (χ3v) is 4.79. The van der Waals surface area contributed by atoms with Gasteiger partial charge in [-0.15, -0.1) is 0 Å². The number of carbonyl (C=O) groups is 2. The molecule has 3 aromatic rings. The molecule has 144 valence electrons. The van der Waals surface area contributed by atoms with Crippen molar-refractivity contribution in [1.29, 1.82) is 0 Å². The molecule has 0 spiro atoms. The minimum absolute atomic E-state index is 0.194. The normalized spacial score (nSPS) is 11.8. The molecular formula is C19H15Cl2N3O4. The number of aromatic amines is 1. The van der Waals surface area contributed by atoms with Gasteiger partial charge in [0, 0.05) is 5.39 Å². The van der Waals surface area contributed by atoms with Gasteiger partial charge in [0.1, 0.15) is 0 Å². The van der Waals surface area contributed by atoms with Crippen LogP contribution in [0.2, 0.25) is 10.0 Å². The fourth-order valence-corrected chi connectivity index (χ4v) is 2.92. The van der Waals surface area contributed by atoms with Crippen LogP contribution in [-0.4, -0.2) is 28.2 Å². The Morgan fingerprint density at radius 3 is 2.61 bits per heavy atom. The molecule has 0 unspecified atom stereocenters. The van der Waals surface area contributed by atoms with Crippen LogP contribution >= 0.6 is 23.2 Å². The van der Waals surface area contributed by atoms with E-state index in [1.54, 1.807) is 42.5 Å². The first-order chi connectivity index (χ1) is 13.4. The zero-order valence-electron chi connectivity index (χ0n) is 14.7. The fourth-order valence-electron chi connectivity index (χ4n) is 2.57. The lowest BCUT2D eigenvalue weighted by Crippen LogP contribution is -2.30. The molecule has 9 heteroatoms. The van der Waals surface area contributed by atoms with E-state index in [1.165, 1.54) is 6.92 Å². The lowest BCUT2D eigenvalue weighted by molar-refractivity contribution is -0.152. The van der Waals surface area contributed by atoms with Gasteiger partial charge in [-0.1, -0.05) is 47.5 Å². The Bertz CT molecular complexity index is 1110. The molecule has 28 heavy (non-hydrogen) atoms. The highest BCUT2D eigenvalue weighted by molar-refractivity contribution is 6.44. The predicted octanol–water partition coefficient (Wildman–Crippen LogP) is 3.34. The quantitative estimate of drug-likeness (QED) is 0.617. The number of aromatic nitrogens is 2. The van der Waals surface area contributed by atoms with Crippen LogP contribution < -0.4 is 10.9 Å². The van der Waals surface area contributed by atoms with Crippen molar-refractivity contribution in [2.24, 2.45) is 0 Å². The molecule has 0 aliphatic carbocycles. The monoisotopic (exact) mass is 419 g/mol. The van der Waals surface area contributed by atoms with Crippen LogP contribution in [0.1, 0.15) is 12.6 Å². The summed E-state index contributed by atoms with van der Waals surface area (Å²) in [7, 11) is 0. The van der Waals surface area contributed by atoms with Crippen LogP contribution in [-0.2, 0) is 20.7 Å². The highest BCUT2D eigenvalue weighted by Gasteiger charge is 2.20. The van der Waals surface area contributed by atoms with Crippen LogP contribution in [0, 0.1) is 0 Å². The molecule has 0 bridgehead atoms. The molecule has 7 nitrogen and oxygen atoms in total. The third-order valence-electron chi connectivity index (χ3n) is 3.97. The number of amides is 1. The van der Waals surface area contributed by atoms with E-state index in [9.17, 15) is 14.4 Å². The van der Waals surface area contributed by atoms with E-state index in [0.717, 1.165) is 0 Å². The van der Waals surface area contributed by atoms with Gasteiger partial charge in [-0.3, -0.25) is 14.4 Å². The fraction of sp³-hybridized carbons (Fsp3) is 0.158. The average Bonchev–Trinajstić information content (AvgIpc) is 2.67. The van der Waals surface area contributed by atoms with Gasteiger partial charge in [-0.05, 0) is 25.1 Å². The van der Waals surface area contributed by atoms with Crippen molar-refractivity contribution in [3.8, 4) is 0 Å². The van der Waals surface area contributed by atoms with Gasteiger partial charge in [0.15, 0.2) is 6.10 Å². The zero-order chi connectivity index (χ0) is 20.3. The van der Waals surface area contributed by atoms with Crippen LogP contribution in [0.5, 0.6) is 0 Å². The van der Waals surface area contributed by atoms with Crippen LogP contribution in [0.3, 0.4) is 0 Å². The number of esters is 1. The molecule has 1 amide bonds. The van der Waals surface area contributed by atoms with Crippen LogP contribution in [0.4, 0.5) is 5.69 Å². The largest absolute Gasteiger partial charge is 0.452 e. The molecular weight excluding hydrogens is 405 g/mol. The summed E-state index contributed by atoms with van der Waals surface area (Å²) in [4.78, 5) is 36.3. The Morgan fingerprint density at radius 1 is 1.14 bits per heavy atom. The lowest BCUT2D eigenvalue weighted by Gasteiger charge is -2.14. The number of anilines is 1. The summed E-state index contributed by atoms with van der Waals surface area (Å²) in [5.74, 6) is -1.22. The minimum atomic E-state index is -1.07. The number of hydrogen-bond acceptors (Lipinski definition) is 5. The number of fused-ring (bicyclic) bond motifs is 1. The Labute approximate surface area is 169 Å². The SMILES string of the molecule is C[C@@H](OC(=O)Cc1n[nH]c(=O)c2ccccc12)C(=O)Nc1cccc(Cl)c1Cl. The third kappa shape index (κ3) is 4.32. The second-order valence-corrected chi connectivity index (χ2v) is 6.73. The molecule has 0 saturated heterocycles. The maximum atomic E-state index is 12.3. The number of ether oxygens (including phenoxy) is 1.